The first kappa shape index (κ1) is 13.6. The van der Waals surface area contributed by atoms with Crippen LogP contribution in [-0.2, 0) is 0 Å². The molecule has 3 aliphatic rings. The van der Waals surface area contributed by atoms with Gasteiger partial charge in [0.05, 0.1) is 15.6 Å². The summed E-state index contributed by atoms with van der Waals surface area (Å²) in [6.07, 6.45) is 8.59. The van der Waals surface area contributed by atoms with Gasteiger partial charge < -0.3 is 11.1 Å². The number of ketones is 1. The number of hydrogen-bond donors (Lipinski definition) is 2. The Morgan fingerprint density at radius 3 is 2.57 bits per heavy atom. The summed E-state index contributed by atoms with van der Waals surface area (Å²) >= 11 is 1.60. The number of anilines is 2. The quantitative estimate of drug-likeness (QED) is 0.734. The molecule has 0 saturated heterocycles. The molecule has 0 aliphatic heterocycles. The normalized spacial score (nSPS) is 23.1. The Morgan fingerprint density at radius 2 is 2.05 bits per heavy atom. The minimum absolute atomic E-state index is 0.191. The van der Waals surface area contributed by atoms with E-state index in [4.69, 9.17) is 5.73 Å². The van der Waals surface area contributed by atoms with Crippen LogP contribution < -0.4 is 11.1 Å². The maximum atomic E-state index is 12.1. The van der Waals surface area contributed by atoms with Crippen molar-refractivity contribution in [3.63, 3.8) is 0 Å². The van der Waals surface area contributed by atoms with E-state index in [1.54, 1.807) is 11.3 Å². The predicted octanol–water partition coefficient (Wildman–Crippen LogP) is 4.40. The summed E-state index contributed by atoms with van der Waals surface area (Å²) in [7, 11) is 0. The van der Waals surface area contributed by atoms with Crippen molar-refractivity contribution in [2.75, 3.05) is 17.6 Å². The molecule has 0 aromatic carbocycles. The molecule has 0 unspecified atom stereocenters. The van der Waals surface area contributed by atoms with E-state index >= 15 is 0 Å². The highest BCUT2D eigenvalue weighted by Crippen LogP contribution is 2.61. The number of nitrogen functional groups attached to an aromatic ring is 1. The SMILES string of the molecule is CCC(=O)c1sc(NCC2(C3CC3)CC2)c(C2CC2)c1N. The van der Waals surface area contributed by atoms with Crippen molar-refractivity contribution >= 4 is 27.8 Å². The number of thiophene rings is 1. The fourth-order valence-corrected chi connectivity index (χ4v) is 4.79. The van der Waals surface area contributed by atoms with Crippen LogP contribution in [0.3, 0.4) is 0 Å². The van der Waals surface area contributed by atoms with Gasteiger partial charge in [-0.3, -0.25) is 4.79 Å². The molecular weight excluding hydrogens is 280 g/mol. The summed E-state index contributed by atoms with van der Waals surface area (Å²) in [6.45, 7) is 2.99. The van der Waals surface area contributed by atoms with Gasteiger partial charge in [0.15, 0.2) is 5.78 Å². The second-order valence-electron chi connectivity index (χ2n) is 7.13. The van der Waals surface area contributed by atoms with Gasteiger partial charge in [-0.25, -0.2) is 0 Å². The van der Waals surface area contributed by atoms with Gasteiger partial charge in [0, 0.05) is 18.5 Å². The van der Waals surface area contributed by atoms with E-state index in [9.17, 15) is 4.79 Å². The third-order valence-corrected chi connectivity index (χ3v) is 6.70. The standard InChI is InChI=1S/C17H24N2OS/c1-2-12(20)15-14(18)13(10-3-4-10)16(21-15)19-9-17(7-8-17)11-5-6-11/h10-11,19H,2-9,18H2,1H3. The molecule has 0 radical (unpaired) electrons. The van der Waals surface area contributed by atoms with E-state index in [1.165, 1.54) is 49.1 Å². The molecule has 21 heavy (non-hydrogen) atoms. The van der Waals surface area contributed by atoms with Gasteiger partial charge in [-0.05, 0) is 55.8 Å². The zero-order chi connectivity index (χ0) is 14.6. The lowest BCUT2D eigenvalue weighted by atomic mass is 10.0. The molecule has 1 aromatic rings. The Hall–Kier alpha value is -1.03. The Labute approximate surface area is 130 Å². The third-order valence-electron chi connectivity index (χ3n) is 5.48. The monoisotopic (exact) mass is 304 g/mol. The number of carbonyl (C=O) groups excluding carboxylic acids is 1. The number of carbonyl (C=O) groups is 1. The summed E-state index contributed by atoms with van der Waals surface area (Å²) in [5, 5.41) is 4.88. The molecule has 1 heterocycles. The van der Waals surface area contributed by atoms with Gasteiger partial charge in [-0.2, -0.15) is 0 Å². The maximum absolute atomic E-state index is 12.1. The van der Waals surface area contributed by atoms with Crippen molar-refractivity contribution in [1.82, 2.24) is 0 Å². The summed E-state index contributed by atoms with van der Waals surface area (Å²) < 4.78 is 0. The Balaban J connectivity index is 1.56. The molecule has 3 N–H and O–H groups in total. The molecule has 4 heteroatoms. The topological polar surface area (TPSA) is 55.1 Å². The zero-order valence-corrected chi connectivity index (χ0v) is 13.5. The summed E-state index contributed by atoms with van der Waals surface area (Å²) in [5.74, 6) is 1.75. The van der Waals surface area contributed by atoms with Crippen LogP contribution in [0.1, 0.15) is 73.0 Å². The smallest absolute Gasteiger partial charge is 0.174 e. The zero-order valence-electron chi connectivity index (χ0n) is 12.7. The minimum atomic E-state index is 0.191. The Kier molecular flexibility index (Phi) is 3.07. The predicted molar refractivity (Wildman–Crippen MR) is 88.2 cm³/mol. The van der Waals surface area contributed by atoms with E-state index in [-0.39, 0.29) is 5.78 Å². The average Bonchev–Trinajstić information content (AvgIpc) is 3.35. The van der Waals surface area contributed by atoms with E-state index in [1.807, 2.05) is 6.92 Å². The lowest BCUT2D eigenvalue weighted by Gasteiger charge is -2.16. The van der Waals surface area contributed by atoms with Crippen LogP contribution >= 0.6 is 11.3 Å². The first-order valence-electron chi connectivity index (χ1n) is 8.34. The fraction of sp³-hybridized carbons (Fsp3) is 0.706. The van der Waals surface area contributed by atoms with Crippen molar-refractivity contribution in [3.05, 3.63) is 10.4 Å². The van der Waals surface area contributed by atoms with Crippen molar-refractivity contribution in [3.8, 4) is 0 Å². The van der Waals surface area contributed by atoms with Crippen LogP contribution in [-0.4, -0.2) is 12.3 Å². The third kappa shape index (κ3) is 2.37. The van der Waals surface area contributed by atoms with Crippen LogP contribution in [0.2, 0.25) is 0 Å². The lowest BCUT2D eigenvalue weighted by Crippen LogP contribution is -2.17. The molecule has 0 amide bonds. The van der Waals surface area contributed by atoms with Crippen molar-refractivity contribution in [2.24, 2.45) is 11.3 Å². The second kappa shape index (κ2) is 4.73. The van der Waals surface area contributed by atoms with Crippen molar-refractivity contribution in [1.29, 1.82) is 0 Å². The van der Waals surface area contributed by atoms with E-state index in [0.717, 1.165) is 23.0 Å². The average molecular weight is 304 g/mol. The molecule has 1 aromatic heterocycles. The van der Waals surface area contributed by atoms with Gasteiger partial charge in [-0.15, -0.1) is 11.3 Å². The Morgan fingerprint density at radius 1 is 1.33 bits per heavy atom. The van der Waals surface area contributed by atoms with Gasteiger partial charge >= 0.3 is 0 Å². The molecule has 0 atom stereocenters. The maximum Gasteiger partial charge on any atom is 0.174 e. The molecule has 0 spiro atoms. The summed E-state index contributed by atoms with van der Waals surface area (Å²) in [4.78, 5) is 12.9. The van der Waals surface area contributed by atoms with E-state index < -0.39 is 0 Å². The van der Waals surface area contributed by atoms with Gasteiger partial charge in [-0.1, -0.05) is 6.92 Å². The van der Waals surface area contributed by atoms with E-state index in [0.29, 0.717) is 17.8 Å². The van der Waals surface area contributed by atoms with E-state index in [2.05, 4.69) is 5.32 Å². The molecule has 0 bridgehead atoms. The summed E-state index contributed by atoms with van der Waals surface area (Å²) in [6, 6.07) is 0. The number of nitrogens with two attached hydrogens (primary N) is 1. The number of Topliss-reactive ketones (excluding diaryl/α,β-unsaturated/α-hetero) is 1. The number of nitrogens with one attached hydrogen (secondary N) is 1. The molecular formula is C17H24N2OS. The highest BCUT2D eigenvalue weighted by atomic mass is 32.1. The Bertz CT molecular complexity index is 580. The lowest BCUT2D eigenvalue weighted by molar-refractivity contribution is 0.0993. The van der Waals surface area contributed by atoms with Gasteiger partial charge in [0.25, 0.3) is 0 Å². The van der Waals surface area contributed by atoms with Crippen LogP contribution in [0.4, 0.5) is 10.7 Å². The molecule has 3 nitrogen and oxygen atoms in total. The van der Waals surface area contributed by atoms with Gasteiger partial charge in [0.1, 0.15) is 0 Å². The van der Waals surface area contributed by atoms with Crippen molar-refractivity contribution in [2.45, 2.75) is 57.8 Å². The highest BCUT2D eigenvalue weighted by Gasteiger charge is 2.53. The fourth-order valence-electron chi connectivity index (χ4n) is 3.57. The molecule has 3 saturated carbocycles. The van der Waals surface area contributed by atoms with Crippen LogP contribution in [0.5, 0.6) is 0 Å². The van der Waals surface area contributed by atoms with Gasteiger partial charge in [0.2, 0.25) is 0 Å². The number of rotatable bonds is 7. The van der Waals surface area contributed by atoms with Crippen LogP contribution in [0.15, 0.2) is 0 Å². The van der Waals surface area contributed by atoms with Crippen molar-refractivity contribution < 1.29 is 4.79 Å². The molecule has 3 aliphatic carbocycles. The summed E-state index contributed by atoms with van der Waals surface area (Å²) in [5.41, 5.74) is 8.90. The first-order valence-corrected chi connectivity index (χ1v) is 9.15. The number of hydrogen-bond acceptors (Lipinski definition) is 4. The minimum Gasteiger partial charge on any atom is -0.397 e. The molecule has 3 fully saturated rings. The van der Waals surface area contributed by atoms with Crippen LogP contribution in [0.25, 0.3) is 0 Å². The molecule has 4 rings (SSSR count). The van der Waals surface area contributed by atoms with Crippen LogP contribution in [0, 0.1) is 11.3 Å². The molecule has 114 valence electrons. The highest BCUT2D eigenvalue weighted by molar-refractivity contribution is 7.18. The second-order valence-corrected chi connectivity index (χ2v) is 8.15. The first-order chi connectivity index (χ1) is 10.1. The largest absolute Gasteiger partial charge is 0.397 e.